The van der Waals surface area contributed by atoms with Crippen LogP contribution in [0.15, 0.2) is 30.5 Å². The minimum Gasteiger partial charge on any atom is -0.481 e. The van der Waals surface area contributed by atoms with E-state index in [1.807, 2.05) is 0 Å². The number of rotatable bonds is 3. The molecule has 0 aliphatic rings. The molecule has 0 saturated heterocycles. The summed E-state index contributed by atoms with van der Waals surface area (Å²) < 4.78 is 0. The number of carboxylic acids is 2. The van der Waals surface area contributed by atoms with Crippen molar-refractivity contribution < 1.29 is 19.8 Å². The average molecular weight is 270 g/mol. The number of aromatic amines is 1. The summed E-state index contributed by atoms with van der Waals surface area (Å²) in [6.07, 6.45) is 1.37. The smallest absolute Gasteiger partial charge is 0.335 e. The highest BCUT2D eigenvalue weighted by Crippen LogP contribution is 2.27. The highest BCUT2D eigenvalue weighted by atomic mass is 16.4. The number of fused-ring (bicyclic) bond motifs is 3. The van der Waals surface area contributed by atoms with Crippen molar-refractivity contribution in [1.82, 2.24) is 9.97 Å². The second-order valence-corrected chi connectivity index (χ2v) is 4.44. The van der Waals surface area contributed by atoms with E-state index in [0.717, 1.165) is 10.8 Å². The molecule has 6 nitrogen and oxygen atoms in total. The summed E-state index contributed by atoms with van der Waals surface area (Å²) in [4.78, 5) is 28.9. The lowest BCUT2D eigenvalue weighted by atomic mass is 10.1. The van der Waals surface area contributed by atoms with Crippen LogP contribution in [0.4, 0.5) is 0 Å². The topological polar surface area (TPSA) is 103 Å². The quantitative estimate of drug-likeness (QED) is 0.675. The van der Waals surface area contributed by atoms with Crippen molar-refractivity contribution in [3.05, 3.63) is 41.7 Å². The van der Waals surface area contributed by atoms with Crippen LogP contribution in [-0.2, 0) is 11.2 Å². The van der Waals surface area contributed by atoms with Gasteiger partial charge >= 0.3 is 11.9 Å². The van der Waals surface area contributed by atoms with Crippen LogP contribution in [0.3, 0.4) is 0 Å². The molecule has 0 aliphatic carbocycles. The fourth-order valence-corrected chi connectivity index (χ4v) is 2.30. The molecule has 100 valence electrons. The standard InChI is InChI=1S/C14H10N2O4/c17-12(18)6-11-13-9(3-4-15-11)8-2-1-7(14(19)20)5-10(8)16-13/h1-5,16H,6H2,(H,17,18)(H,19,20). The van der Waals surface area contributed by atoms with Crippen LogP contribution >= 0.6 is 0 Å². The van der Waals surface area contributed by atoms with Crippen LogP contribution in [0.1, 0.15) is 16.1 Å². The maximum absolute atomic E-state index is 11.0. The first-order valence-electron chi connectivity index (χ1n) is 5.90. The Balaban J connectivity index is 2.29. The molecule has 1 aromatic carbocycles. The highest BCUT2D eigenvalue weighted by molar-refractivity contribution is 6.09. The molecule has 0 amide bonds. The van der Waals surface area contributed by atoms with Gasteiger partial charge in [0, 0.05) is 22.5 Å². The van der Waals surface area contributed by atoms with Crippen molar-refractivity contribution in [2.45, 2.75) is 6.42 Å². The van der Waals surface area contributed by atoms with Crippen molar-refractivity contribution in [2.24, 2.45) is 0 Å². The molecule has 0 aliphatic heterocycles. The molecule has 0 bridgehead atoms. The second kappa shape index (κ2) is 4.34. The maximum atomic E-state index is 11.0. The number of aromatic nitrogens is 2. The first-order valence-corrected chi connectivity index (χ1v) is 5.90. The first kappa shape index (κ1) is 12.2. The Bertz CT molecular complexity index is 851. The molecule has 3 rings (SSSR count). The van der Waals surface area contributed by atoms with Gasteiger partial charge in [-0.2, -0.15) is 0 Å². The Morgan fingerprint density at radius 2 is 1.95 bits per heavy atom. The van der Waals surface area contributed by atoms with E-state index in [1.165, 1.54) is 12.1 Å². The lowest BCUT2D eigenvalue weighted by molar-refractivity contribution is -0.136. The van der Waals surface area contributed by atoms with Gasteiger partial charge in [-0.15, -0.1) is 0 Å². The van der Waals surface area contributed by atoms with Gasteiger partial charge in [-0.3, -0.25) is 9.78 Å². The molecule has 2 heterocycles. The van der Waals surface area contributed by atoms with E-state index in [0.29, 0.717) is 16.7 Å². The van der Waals surface area contributed by atoms with Crippen LogP contribution in [0.25, 0.3) is 21.8 Å². The molecule has 0 unspecified atom stereocenters. The molecule has 0 radical (unpaired) electrons. The van der Waals surface area contributed by atoms with Gasteiger partial charge in [0.15, 0.2) is 0 Å². The zero-order valence-corrected chi connectivity index (χ0v) is 10.3. The molecule has 0 saturated carbocycles. The number of hydrogen-bond acceptors (Lipinski definition) is 3. The van der Waals surface area contributed by atoms with E-state index in [-0.39, 0.29) is 12.0 Å². The van der Waals surface area contributed by atoms with Gasteiger partial charge in [0.05, 0.1) is 23.2 Å². The van der Waals surface area contributed by atoms with E-state index in [9.17, 15) is 9.59 Å². The number of carbonyl (C=O) groups is 2. The monoisotopic (exact) mass is 270 g/mol. The summed E-state index contributed by atoms with van der Waals surface area (Å²) >= 11 is 0. The van der Waals surface area contributed by atoms with Gasteiger partial charge in [0.25, 0.3) is 0 Å². The summed E-state index contributed by atoms with van der Waals surface area (Å²) in [5, 5.41) is 19.6. The first-order chi connectivity index (χ1) is 9.56. The lowest BCUT2D eigenvalue weighted by Crippen LogP contribution is -2.02. The maximum Gasteiger partial charge on any atom is 0.335 e. The van der Waals surface area contributed by atoms with E-state index in [1.54, 1.807) is 18.3 Å². The van der Waals surface area contributed by atoms with Crippen molar-refractivity contribution in [1.29, 1.82) is 0 Å². The van der Waals surface area contributed by atoms with E-state index in [2.05, 4.69) is 9.97 Å². The van der Waals surface area contributed by atoms with Gasteiger partial charge in [-0.05, 0) is 18.2 Å². The van der Waals surface area contributed by atoms with Gasteiger partial charge in [0.1, 0.15) is 0 Å². The number of carboxylic acid groups (broad SMARTS) is 2. The fourth-order valence-electron chi connectivity index (χ4n) is 2.30. The third kappa shape index (κ3) is 1.87. The number of pyridine rings is 1. The zero-order chi connectivity index (χ0) is 14.3. The summed E-state index contributed by atoms with van der Waals surface area (Å²) in [6, 6.07) is 6.54. The van der Waals surface area contributed by atoms with Crippen LogP contribution in [-0.4, -0.2) is 32.1 Å². The Labute approximate surface area is 112 Å². The molecular formula is C14H10N2O4. The summed E-state index contributed by atoms with van der Waals surface area (Å²) in [7, 11) is 0. The van der Waals surface area contributed by atoms with Crippen molar-refractivity contribution in [3.8, 4) is 0 Å². The minimum absolute atomic E-state index is 0.178. The number of hydrogen-bond donors (Lipinski definition) is 3. The molecular weight excluding hydrogens is 260 g/mol. The molecule has 0 atom stereocenters. The number of nitrogens with zero attached hydrogens (tertiary/aromatic N) is 1. The number of nitrogens with one attached hydrogen (secondary N) is 1. The van der Waals surface area contributed by atoms with Crippen LogP contribution in [0.2, 0.25) is 0 Å². The van der Waals surface area contributed by atoms with Crippen LogP contribution in [0, 0.1) is 0 Å². The molecule has 20 heavy (non-hydrogen) atoms. The van der Waals surface area contributed by atoms with E-state index < -0.39 is 11.9 Å². The average Bonchev–Trinajstić information content (AvgIpc) is 2.77. The van der Waals surface area contributed by atoms with Crippen molar-refractivity contribution >= 4 is 33.7 Å². The Morgan fingerprint density at radius 3 is 2.65 bits per heavy atom. The van der Waals surface area contributed by atoms with Gasteiger partial charge in [0.2, 0.25) is 0 Å². The molecule has 0 spiro atoms. The minimum atomic E-state index is -1.01. The van der Waals surface area contributed by atoms with Crippen LogP contribution in [0.5, 0.6) is 0 Å². The normalized spacial score (nSPS) is 11.0. The van der Waals surface area contributed by atoms with Crippen LogP contribution < -0.4 is 0 Å². The number of H-pyrrole nitrogens is 1. The largest absolute Gasteiger partial charge is 0.481 e. The third-order valence-corrected chi connectivity index (χ3v) is 3.16. The molecule has 2 aromatic heterocycles. The Kier molecular flexibility index (Phi) is 2.64. The fraction of sp³-hybridized carbons (Fsp3) is 0.0714. The van der Waals surface area contributed by atoms with Gasteiger partial charge < -0.3 is 15.2 Å². The highest BCUT2D eigenvalue weighted by Gasteiger charge is 2.13. The molecule has 3 N–H and O–H groups in total. The predicted molar refractivity (Wildman–Crippen MR) is 71.9 cm³/mol. The van der Waals surface area contributed by atoms with Crippen molar-refractivity contribution in [2.75, 3.05) is 0 Å². The summed E-state index contributed by atoms with van der Waals surface area (Å²) in [5.74, 6) is -1.97. The number of aliphatic carboxylic acids is 1. The third-order valence-electron chi connectivity index (χ3n) is 3.16. The molecule has 0 fully saturated rings. The lowest BCUT2D eigenvalue weighted by Gasteiger charge is -1.98. The van der Waals surface area contributed by atoms with E-state index in [4.69, 9.17) is 10.2 Å². The van der Waals surface area contributed by atoms with E-state index >= 15 is 0 Å². The SMILES string of the molecule is O=C(O)Cc1nccc2c1[nH]c1cc(C(=O)O)ccc12. The Morgan fingerprint density at radius 1 is 1.15 bits per heavy atom. The molecule has 6 heteroatoms. The second-order valence-electron chi connectivity index (χ2n) is 4.44. The van der Waals surface area contributed by atoms with Gasteiger partial charge in [-0.25, -0.2) is 4.79 Å². The summed E-state index contributed by atoms with van der Waals surface area (Å²) in [5.41, 5.74) is 1.90. The summed E-state index contributed by atoms with van der Waals surface area (Å²) in [6.45, 7) is 0. The zero-order valence-electron chi connectivity index (χ0n) is 10.3. The molecule has 3 aromatic rings. The number of benzene rings is 1. The van der Waals surface area contributed by atoms with Crippen molar-refractivity contribution in [3.63, 3.8) is 0 Å². The predicted octanol–water partition coefficient (Wildman–Crippen LogP) is 2.04. The number of aromatic carboxylic acids is 1. The van der Waals surface area contributed by atoms with Gasteiger partial charge in [-0.1, -0.05) is 6.07 Å². The Hall–Kier alpha value is -2.89.